The van der Waals surface area contributed by atoms with Crippen molar-refractivity contribution in [2.24, 2.45) is 11.7 Å². The second-order valence-corrected chi connectivity index (χ2v) is 2.77. The standard InChI is InChI=1S/C7H12N2/c8-5-7(9)4-6-2-1-3-6/h6-7H,1-4,9H2/t7-/m1/s1. The van der Waals surface area contributed by atoms with Crippen molar-refractivity contribution in [3.8, 4) is 6.07 Å². The molecule has 1 atom stereocenters. The van der Waals surface area contributed by atoms with Crippen LogP contribution in [0.3, 0.4) is 0 Å². The lowest BCUT2D eigenvalue weighted by Gasteiger charge is -2.25. The smallest absolute Gasteiger partial charge is 0.0930 e. The first kappa shape index (κ1) is 6.57. The summed E-state index contributed by atoms with van der Waals surface area (Å²) in [5.74, 6) is 0.764. The maximum Gasteiger partial charge on any atom is 0.0930 e. The summed E-state index contributed by atoms with van der Waals surface area (Å²) in [6.45, 7) is 0. The van der Waals surface area contributed by atoms with Crippen LogP contribution >= 0.6 is 0 Å². The Balaban J connectivity index is 2.10. The minimum absolute atomic E-state index is 0.213. The Labute approximate surface area is 55.7 Å². The normalized spacial score (nSPS) is 22.2. The van der Waals surface area contributed by atoms with Gasteiger partial charge in [-0.2, -0.15) is 5.26 Å². The van der Waals surface area contributed by atoms with Gasteiger partial charge in [-0.25, -0.2) is 0 Å². The van der Waals surface area contributed by atoms with E-state index in [1.807, 2.05) is 6.07 Å². The van der Waals surface area contributed by atoms with Gasteiger partial charge in [0.2, 0.25) is 0 Å². The molecule has 0 aromatic heterocycles. The summed E-state index contributed by atoms with van der Waals surface area (Å²) in [6.07, 6.45) is 4.82. The van der Waals surface area contributed by atoms with E-state index in [1.165, 1.54) is 19.3 Å². The van der Waals surface area contributed by atoms with E-state index in [0.717, 1.165) is 12.3 Å². The highest BCUT2D eigenvalue weighted by atomic mass is 14.6. The Hall–Kier alpha value is -0.550. The van der Waals surface area contributed by atoms with E-state index < -0.39 is 0 Å². The Morgan fingerprint density at radius 1 is 1.67 bits per heavy atom. The van der Waals surface area contributed by atoms with Crippen molar-refractivity contribution in [1.29, 1.82) is 5.26 Å². The fourth-order valence-electron chi connectivity index (χ4n) is 1.14. The van der Waals surface area contributed by atoms with Crippen LogP contribution in [0, 0.1) is 17.2 Å². The SMILES string of the molecule is N#C[C@H](N)CC1CCC1. The zero-order chi connectivity index (χ0) is 6.69. The summed E-state index contributed by atoms with van der Waals surface area (Å²) in [5.41, 5.74) is 5.42. The molecule has 0 saturated heterocycles. The van der Waals surface area contributed by atoms with Crippen LogP contribution in [0.2, 0.25) is 0 Å². The molecule has 0 bridgehead atoms. The van der Waals surface area contributed by atoms with Crippen molar-refractivity contribution >= 4 is 0 Å². The predicted octanol–water partition coefficient (Wildman–Crippen LogP) is 1.03. The van der Waals surface area contributed by atoms with Crippen LogP contribution in [0.1, 0.15) is 25.7 Å². The van der Waals surface area contributed by atoms with Crippen molar-refractivity contribution in [2.45, 2.75) is 31.7 Å². The monoisotopic (exact) mass is 124 g/mol. The van der Waals surface area contributed by atoms with Crippen LogP contribution < -0.4 is 5.73 Å². The van der Waals surface area contributed by atoms with Gasteiger partial charge in [-0.05, 0) is 12.3 Å². The Kier molecular flexibility index (Phi) is 2.07. The lowest BCUT2D eigenvalue weighted by molar-refractivity contribution is 0.289. The maximum atomic E-state index is 8.33. The molecule has 0 heterocycles. The van der Waals surface area contributed by atoms with Gasteiger partial charge in [-0.3, -0.25) is 0 Å². The summed E-state index contributed by atoms with van der Waals surface area (Å²) in [4.78, 5) is 0. The second-order valence-electron chi connectivity index (χ2n) is 2.77. The van der Waals surface area contributed by atoms with Gasteiger partial charge in [0.1, 0.15) is 0 Å². The van der Waals surface area contributed by atoms with Gasteiger partial charge in [0, 0.05) is 0 Å². The molecule has 1 aliphatic carbocycles. The highest BCUT2D eigenvalue weighted by molar-refractivity contribution is 4.89. The molecule has 0 unspecified atom stereocenters. The first-order chi connectivity index (χ1) is 4.33. The largest absolute Gasteiger partial charge is 0.316 e. The third-order valence-electron chi connectivity index (χ3n) is 1.98. The molecule has 2 N–H and O–H groups in total. The minimum Gasteiger partial charge on any atom is -0.316 e. The molecule has 0 spiro atoms. The quantitative estimate of drug-likeness (QED) is 0.597. The average Bonchev–Trinajstić information content (AvgIpc) is 1.78. The summed E-state index contributed by atoms with van der Waals surface area (Å²) in [7, 11) is 0. The van der Waals surface area contributed by atoms with Crippen molar-refractivity contribution in [3.05, 3.63) is 0 Å². The fraction of sp³-hybridized carbons (Fsp3) is 0.857. The van der Waals surface area contributed by atoms with Gasteiger partial charge >= 0.3 is 0 Å². The predicted molar refractivity (Wildman–Crippen MR) is 35.5 cm³/mol. The lowest BCUT2D eigenvalue weighted by atomic mass is 9.81. The molecule has 9 heavy (non-hydrogen) atoms. The van der Waals surface area contributed by atoms with Crippen LogP contribution in [0.15, 0.2) is 0 Å². The van der Waals surface area contributed by atoms with Crippen LogP contribution in [0.5, 0.6) is 0 Å². The van der Waals surface area contributed by atoms with Gasteiger partial charge in [-0.1, -0.05) is 19.3 Å². The molecule has 0 aromatic rings. The maximum absolute atomic E-state index is 8.33. The third kappa shape index (κ3) is 1.69. The van der Waals surface area contributed by atoms with Crippen LogP contribution in [0.4, 0.5) is 0 Å². The number of hydrogen-bond acceptors (Lipinski definition) is 2. The van der Waals surface area contributed by atoms with Gasteiger partial charge in [-0.15, -0.1) is 0 Å². The van der Waals surface area contributed by atoms with Crippen molar-refractivity contribution in [1.82, 2.24) is 0 Å². The first-order valence-electron chi connectivity index (χ1n) is 3.48. The highest BCUT2D eigenvalue weighted by Crippen LogP contribution is 2.29. The molecular weight excluding hydrogens is 112 g/mol. The minimum atomic E-state index is -0.213. The lowest BCUT2D eigenvalue weighted by Crippen LogP contribution is -2.24. The second kappa shape index (κ2) is 2.84. The Bertz CT molecular complexity index is 121. The Morgan fingerprint density at radius 3 is 2.67 bits per heavy atom. The van der Waals surface area contributed by atoms with E-state index in [-0.39, 0.29) is 6.04 Å². The summed E-state index contributed by atoms with van der Waals surface area (Å²) >= 11 is 0. The van der Waals surface area contributed by atoms with Crippen molar-refractivity contribution in [2.75, 3.05) is 0 Å². The molecule has 50 valence electrons. The summed E-state index contributed by atoms with van der Waals surface area (Å²) in [5, 5.41) is 8.33. The molecule has 0 amide bonds. The molecule has 0 aromatic carbocycles. The van der Waals surface area contributed by atoms with Gasteiger partial charge in [0.15, 0.2) is 0 Å². The molecule has 1 saturated carbocycles. The topological polar surface area (TPSA) is 49.8 Å². The molecule has 2 heteroatoms. The van der Waals surface area contributed by atoms with Crippen LogP contribution in [-0.4, -0.2) is 6.04 Å². The molecular formula is C7H12N2. The zero-order valence-corrected chi connectivity index (χ0v) is 5.51. The molecule has 2 nitrogen and oxygen atoms in total. The van der Waals surface area contributed by atoms with Crippen molar-refractivity contribution < 1.29 is 0 Å². The van der Waals surface area contributed by atoms with Gasteiger partial charge < -0.3 is 5.73 Å². The molecule has 1 rings (SSSR count). The first-order valence-corrected chi connectivity index (χ1v) is 3.48. The molecule has 1 fully saturated rings. The van der Waals surface area contributed by atoms with Gasteiger partial charge in [0.05, 0.1) is 12.1 Å². The highest BCUT2D eigenvalue weighted by Gasteiger charge is 2.19. The fourth-order valence-corrected chi connectivity index (χ4v) is 1.14. The van der Waals surface area contributed by atoms with Crippen LogP contribution in [-0.2, 0) is 0 Å². The van der Waals surface area contributed by atoms with Crippen LogP contribution in [0.25, 0.3) is 0 Å². The third-order valence-corrected chi connectivity index (χ3v) is 1.98. The van der Waals surface area contributed by atoms with E-state index in [2.05, 4.69) is 0 Å². The van der Waals surface area contributed by atoms with Gasteiger partial charge in [0.25, 0.3) is 0 Å². The summed E-state index contributed by atoms with van der Waals surface area (Å²) < 4.78 is 0. The van der Waals surface area contributed by atoms with E-state index in [1.54, 1.807) is 0 Å². The van der Waals surface area contributed by atoms with E-state index in [4.69, 9.17) is 11.0 Å². The van der Waals surface area contributed by atoms with E-state index in [0.29, 0.717) is 0 Å². The number of rotatable bonds is 2. The molecule has 0 radical (unpaired) electrons. The Morgan fingerprint density at radius 2 is 2.33 bits per heavy atom. The zero-order valence-electron chi connectivity index (χ0n) is 5.51. The van der Waals surface area contributed by atoms with Crippen molar-refractivity contribution in [3.63, 3.8) is 0 Å². The average molecular weight is 124 g/mol. The number of nitrogens with two attached hydrogens (primary N) is 1. The number of hydrogen-bond donors (Lipinski definition) is 1. The summed E-state index contributed by atoms with van der Waals surface area (Å²) in [6, 6.07) is 1.83. The van der Waals surface area contributed by atoms with E-state index in [9.17, 15) is 0 Å². The van der Waals surface area contributed by atoms with E-state index >= 15 is 0 Å². The number of nitriles is 1. The molecule has 1 aliphatic rings. The number of nitrogens with zero attached hydrogens (tertiary/aromatic N) is 1. The molecule has 0 aliphatic heterocycles.